The van der Waals surface area contributed by atoms with Crippen molar-refractivity contribution in [1.29, 1.82) is 5.26 Å². The number of ether oxygens (including phenoxy) is 4. The molecule has 0 radical (unpaired) electrons. The Morgan fingerprint density at radius 2 is 1.23 bits per heavy atom. The van der Waals surface area contributed by atoms with Crippen molar-refractivity contribution in [2.75, 3.05) is 75.9 Å². The molecule has 1 saturated heterocycles. The zero-order valence-electron chi connectivity index (χ0n) is 24.0. The zero-order chi connectivity index (χ0) is 30.9. The Balaban J connectivity index is 1.40. The maximum absolute atomic E-state index is 15.0. The number of rotatable bonds is 4. The molecule has 0 spiro atoms. The first-order valence-corrected chi connectivity index (χ1v) is 14.3. The minimum absolute atomic E-state index is 0.176. The van der Waals surface area contributed by atoms with Gasteiger partial charge in [0.05, 0.1) is 76.2 Å². The molecule has 3 aromatic rings. The first kappa shape index (κ1) is 31.4. The highest BCUT2D eigenvalue weighted by Crippen LogP contribution is 2.40. The molecule has 12 heteroatoms. The van der Waals surface area contributed by atoms with Crippen molar-refractivity contribution < 1.29 is 36.5 Å². The number of anilines is 2. The molecule has 0 aromatic heterocycles. The van der Waals surface area contributed by atoms with Crippen LogP contribution in [0.5, 0.6) is 0 Å². The van der Waals surface area contributed by atoms with Gasteiger partial charge in [-0.05, 0) is 35.4 Å². The fourth-order valence-corrected chi connectivity index (χ4v) is 5.04. The molecule has 5 rings (SSSR count). The van der Waals surface area contributed by atoms with E-state index >= 15 is 8.78 Å². The minimum Gasteiger partial charge on any atom is -0.377 e. The molecule has 2 aliphatic heterocycles. The highest BCUT2D eigenvalue weighted by molar-refractivity contribution is 6.03. The molecule has 1 unspecified atom stereocenters. The number of nitrogens with zero attached hydrogens (tertiary/aromatic N) is 4. The predicted octanol–water partition coefficient (Wildman–Crippen LogP) is 5.36. The largest absolute Gasteiger partial charge is 0.377 e. The molecule has 2 heterocycles. The van der Waals surface area contributed by atoms with E-state index in [9.17, 15) is 8.78 Å². The lowest BCUT2D eigenvalue weighted by Gasteiger charge is -2.27. The Hall–Kier alpha value is -4.02. The Morgan fingerprint density at radius 1 is 0.705 bits per heavy atom. The summed E-state index contributed by atoms with van der Waals surface area (Å²) >= 11 is 0. The lowest BCUT2D eigenvalue weighted by atomic mass is 9.97. The second-order valence-corrected chi connectivity index (χ2v) is 10.1. The Labute approximate surface area is 253 Å². The van der Waals surface area contributed by atoms with E-state index in [1.165, 1.54) is 0 Å². The normalized spacial score (nSPS) is 19.2. The number of hydrogen-bond donors (Lipinski definition) is 0. The van der Waals surface area contributed by atoms with E-state index in [0.29, 0.717) is 88.3 Å². The molecule has 3 aromatic carbocycles. The summed E-state index contributed by atoms with van der Waals surface area (Å²) in [4.78, 5) is 2.09. The summed E-state index contributed by atoms with van der Waals surface area (Å²) in [7, 11) is 0. The highest BCUT2D eigenvalue weighted by Gasteiger charge is 2.35. The van der Waals surface area contributed by atoms with Gasteiger partial charge in [-0.25, -0.2) is 17.6 Å². The van der Waals surface area contributed by atoms with Gasteiger partial charge in [-0.3, -0.25) is 5.01 Å². The summed E-state index contributed by atoms with van der Waals surface area (Å²) in [5, 5.41) is 14.6. The van der Waals surface area contributed by atoms with Gasteiger partial charge >= 0.3 is 0 Å². The molecule has 1 atom stereocenters. The topological polar surface area (TPSA) is 79.6 Å². The van der Waals surface area contributed by atoms with Crippen LogP contribution in [0.2, 0.25) is 0 Å². The average molecular weight is 613 g/mol. The summed E-state index contributed by atoms with van der Waals surface area (Å²) in [6, 6.07) is 15.3. The van der Waals surface area contributed by atoms with E-state index in [4.69, 9.17) is 24.2 Å². The first-order chi connectivity index (χ1) is 21.5. The van der Waals surface area contributed by atoms with Crippen LogP contribution in [0, 0.1) is 34.6 Å². The Bertz CT molecular complexity index is 1440. The molecule has 0 bridgehead atoms. The van der Waals surface area contributed by atoms with Crippen LogP contribution in [-0.2, 0) is 18.9 Å². The van der Waals surface area contributed by atoms with Gasteiger partial charge in [-0.15, -0.1) is 0 Å². The SMILES string of the molecule is N#Cc1ccc(C2=NN(c3c(F)c(F)cc(F)c3F)C(c3ccc(N4CCOCCOCCOCCOCC4)cc3)C2)cc1. The van der Waals surface area contributed by atoms with Crippen LogP contribution >= 0.6 is 0 Å². The molecule has 1 fully saturated rings. The van der Waals surface area contributed by atoms with Crippen molar-refractivity contribution in [3.63, 3.8) is 0 Å². The van der Waals surface area contributed by atoms with Gasteiger partial charge < -0.3 is 23.8 Å². The van der Waals surface area contributed by atoms with Gasteiger partial charge in [-0.1, -0.05) is 24.3 Å². The lowest BCUT2D eigenvalue weighted by Crippen LogP contribution is -2.31. The van der Waals surface area contributed by atoms with Crippen molar-refractivity contribution >= 4 is 17.1 Å². The van der Waals surface area contributed by atoms with E-state index in [-0.39, 0.29) is 12.5 Å². The Kier molecular flexibility index (Phi) is 10.8. The van der Waals surface area contributed by atoms with E-state index < -0.39 is 35.0 Å². The second-order valence-electron chi connectivity index (χ2n) is 10.1. The number of hydrogen-bond acceptors (Lipinski definition) is 8. The fourth-order valence-electron chi connectivity index (χ4n) is 5.04. The molecule has 0 aliphatic carbocycles. The summed E-state index contributed by atoms with van der Waals surface area (Å²) < 4.78 is 80.9. The molecule has 232 valence electrons. The van der Waals surface area contributed by atoms with Crippen LogP contribution in [0.25, 0.3) is 0 Å². The van der Waals surface area contributed by atoms with Gasteiger partial charge in [-0.2, -0.15) is 10.4 Å². The summed E-state index contributed by atoms with van der Waals surface area (Å²) in [5.74, 6) is -6.11. The van der Waals surface area contributed by atoms with Crippen molar-refractivity contribution in [3.8, 4) is 6.07 Å². The third-order valence-electron chi connectivity index (χ3n) is 7.35. The molecular formula is C32H32F4N4O4. The lowest BCUT2D eigenvalue weighted by molar-refractivity contribution is 0.00206. The summed E-state index contributed by atoms with van der Waals surface area (Å²) in [6.45, 7) is 4.92. The monoisotopic (exact) mass is 612 g/mol. The van der Waals surface area contributed by atoms with Gasteiger partial charge in [0.15, 0.2) is 23.3 Å². The number of hydrazone groups is 1. The van der Waals surface area contributed by atoms with Crippen molar-refractivity contribution in [1.82, 2.24) is 0 Å². The molecular weight excluding hydrogens is 580 g/mol. The van der Waals surface area contributed by atoms with Crippen molar-refractivity contribution in [3.05, 3.63) is 94.6 Å². The van der Waals surface area contributed by atoms with Crippen molar-refractivity contribution in [2.45, 2.75) is 12.5 Å². The quantitative estimate of drug-likeness (QED) is 0.290. The number of nitriles is 1. The third-order valence-corrected chi connectivity index (χ3v) is 7.35. The van der Waals surface area contributed by atoms with Gasteiger partial charge in [0.1, 0.15) is 5.69 Å². The molecule has 0 saturated carbocycles. The fraction of sp³-hybridized carbons (Fsp3) is 0.375. The van der Waals surface area contributed by atoms with E-state index in [1.807, 2.05) is 18.2 Å². The maximum Gasteiger partial charge on any atom is 0.187 e. The highest BCUT2D eigenvalue weighted by atomic mass is 19.2. The van der Waals surface area contributed by atoms with Gasteiger partial charge in [0.25, 0.3) is 0 Å². The average Bonchev–Trinajstić information content (AvgIpc) is 3.47. The van der Waals surface area contributed by atoms with Crippen LogP contribution < -0.4 is 9.91 Å². The van der Waals surface area contributed by atoms with E-state index in [0.717, 1.165) is 10.7 Å². The zero-order valence-corrected chi connectivity index (χ0v) is 24.0. The van der Waals surface area contributed by atoms with Gasteiger partial charge in [0.2, 0.25) is 0 Å². The smallest absolute Gasteiger partial charge is 0.187 e. The molecule has 0 N–H and O–H groups in total. The molecule has 44 heavy (non-hydrogen) atoms. The molecule has 8 nitrogen and oxygen atoms in total. The van der Waals surface area contributed by atoms with Crippen LogP contribution in [0.1, 0.15) is 29.2 Å². The predicted molar refractivity (Wildman–Crippen MR) is 156 cm³/mol. The number of halogens is 4. The van der Waals surface area contributed by atoms with E-state index in [2.05, 4.69) is 10.0 Å². The second kappa shape index (κ2) is 15.1. The first-order valence-electron chi connectivity index (χ1n) is 14.3. The standard InChI is InChI=1S/C32H32F4N4O4/c33-26-19-27(34)31(36)32(30(26)35)40-29(20-28(38-40)23-3-1-22(21-37)2-4-23)24-5-7-25(8-6-24)39-9-11-41-13-15-43-17-18-44-16-14-42-12-10-39/h1-8,19,29H,9-18,20H2. The maximum atomic E-state index is 15.0. The third kappa shape index (κ3) is 7.54. The number of benzene rings is 3. The van der Waals surface area contributed by atoms with Crippen LogP contribution in [0.3, 0.4) is 0 Å². The van der Waals surface area contributed by atoms with E-state index in [1.54, 1.807) is 36.4 Å². The molecule has 0 amide bonds. The minimum atomic E-state index is -1.53. The van der Waals surface area contributed by atoms with Crippen LogP contribution in [-0.4, -0.2) is 71.7 Å². The summed E-state index contributed by atoms with van der Waals surface area (Å²) in [5.41, 5.74) is 2.08. The van der Waals surface area contributed by atoms with Crippen molar-refractivity contribution in [2.24, 2.45) is 5.10 Å². The van der Waals surface area contributed by atoms with Crippen LogP contribution in [0.4, 0.5) is 28.9 Å². The van der Waals surface area contributed by atoms with Crippen LogP contribution in [0.15, 0.2) is 59.7 Å². The Morgan fingerprint density at radius 3 is 1.75 bits per heavy atom. The summed E-state index contributed by atoms with van der Waals surface area (Å²) in [6.07, 6.45) is 0.192. The molecule has 2 aliphatic rings. The van der Waals surface area contributed by atoms with Gasteiger partial charge in [0, 0.05) is 31.3 Å².